The van der Waals surface area contributed by atoms with Crippen molar-refractivity contribution in [2.45, 2.75) is 64.1 Å². The van der Waals surface area contributed by atoms with Gasteiger partial charge in [0.1, 0.15) is 5.82 Å². The van der Waals surface area contributed by atoms with Gasteiger partial charge in [0.05, 0.1) is 24.3 Å². The molecule has 4 bridgehead atoms. The number of aromatic nitrogens is 2. The minimum absolute atomic E-state index is 0.00884. The molecule has 6 rings (SSSR count). The van der Waals surface area contributed by atoms with Gasteiger partial charge in [-0.1, -0.05) is 0 Å². The summed E-state index contributed by atoms with van der Waals surface area (Å²) in [5.41, 5.74) is 1.43. The van der Waals surface area contributed by atoms with Gasteiger partial charge in [0.25, 0.3) is 5.56 Å². The molecule has 4 fully saturated rings. The summed E-state index contributed by atoms with van der Waals surface area (Å²) < 4.78 is 1.57. The molecule has 1 aromatic heterocycles. The lowest BCUT2D eigenvalue weighted by Gasteiger charge is -2.57. The van der Waals surface area contributed by atoms with E-state index < -0.39 is 0 Å². The fourth-order valence-electron chi connectivity index (χ4n) is 6.24. The molecule has 2 amide bonds. The van der Waals surface area contributed by atoms with E-state index in [1.54, 1.807) is 16.5 Å². The number of urea groups is 1. The Morgan fingerprint density at radius 2 is 1.72 bits per heavy atom. The zero-order chi connectivity index (χ0) is 17.3. The second kappa shape index (κ2) is 5.08. The number of carbonyl (C=O) groups excluding carboxylic acids is 1. The van der Waals surface area contributed by atoms with E-state index in [2.05, 4.69) is 10.3 Å². The molecule has 1 aromatic rings. The van der Waals surface area contributed by atoms with Crippen molar-refractivity contribution in [3.05, 3.63) is 27.4 Å². The lowest BCUT2D eigenvalue weighted by molar-refractivity contribution is -0.0157. The first-order valence-electron chi connectivity index (χ1n) is 9.55. The van der Waals surface area contributed by atoms with Crippen LogP contribution in [0.25, 0.3) is 0 Å². The van der Waals surface area contributed by atoms with Crippen LogP contribution in [-0.4, -0.2) is 26.0 Å². The molecular formula is C19H26N4O2. The third-order valence-corrected chi connectivity index (χ3v) is 7.08. The van der Waals surface area contributed by atoms with Crippen LogP contribution in [0.1, 0.15) is 55.6 Å². The van der Waals surface area contributed by atoms with E-state index in [0.717, 1.165) is 42.7 Å². The largest absolute Gasteiger partial charge is 0.333 e. The quantitative estimate of drug-likeness (QED) is 0.850. The Kier molecular flexibility index (Phi) is 3.13. The highest BCUT2D eigenvalue weighted by Gasteiger charge is 2.52. The summed E-state index contributed by atoms with van der Waals surface area (Å²) in [4.78, 5) is 31.7. The molecule has 5 aliphatic rings. The number of nitrogens with one attached hydrogen (secondary N) is 1. The fourth-order valence-corrected chi connectivity index (χ4v) is 6.24. The number of hydrogen-bond acceptors (Lipinski definition) is 3. The van der Waals surface area contributed by atoms with Crippen LogP contribution in [0.15, 0.2) is 4.79 Å². The summed E-state index contributed by atoms with van der Waals surface area (Å²) in [6, 6.07) is -0.0142. The van der Waals surface area contributed by atoms with Gasteiger partial charge in [0, 0.05) is 12.6 Å². The number of fused-ring (bicyclic) bond motifs is 1. The van der Waals surface area contributed by atoms with Crippen molar-refractivity contribution < 1.29 is 4.79 Å². The average molecular weight is 342 g/mol. The highest BCUT2D eigenvalue weighted by atomic mass is 16.2. The van der Waals surface area contributed by atoms with Gasteiger partial charge in [0.2, 0.25) is 0 Å². The fraction of sp³-hybridized carbons (Fsp3) is 0.737. The van der Waals surface area contributed by atoms with Gasteiger partial charge in [-0.25, -0.2) is 9.78 Å². The summed E-state index contributed by atoms with van der Waals surface area (Å²) in [5, 5.41) is 3.40. The van der Waals surface area contributed by atoms with Crippen molar-refractivity contribution in [1.82, 2.24) is 19.8 Å². The van der Waals surface area contributed by atoms with Crippen molar-refractivity contribution in [3.8, 4) is 0 Å². The van der Waals surface area contributed by atoms with Crippen molar-refractivity contribution >= 4 is 6.03 Å². The topological polar surface area (TPSA) is 67.2 Å². The van der Waals surface area contributed by atoms with Gasteiger partial charge in [-0.05, 0) is 63.2 Å². The zero-order valence-corrected chi connectivity index (χ0v) is 15.0. The van der Waals surface area contributed by atoms with Crippen molar-refractivity contribution in [1.29, 1.82) is 0 Å². The maximum atomic E-state index is 13.0. The molecule has 0 unspecified atom stereocenters. The summed E-state index contributed by atoms with van der Waals surface area (Å²) >= 11 is 0. The SMILES string of the molecule is Cc1nc2c(c(=O)n1C)CN(C(=O)NC13CC4CC(CC(C4)C1)C3)C2. The van der Waals surface area contributed by atoms with Gasteiger partial charge in [-0.15, -0.1) is 0 Å². The summed E-state index contributed by atoms with van der Waals surface area (Å²) in [6.07, 6.45) is 7.52. The van der Waals surface area contributed by atoms with Gasteiger partial charge in [0.15, 0.2) is 0 Å². The van der Waals surface area contributed by atoms with Gasteiger partial charge < -0.3 is 10.2 Å². The van der Waals surface area contributed by atoms with Crippen LogP contribution in [0, 0.1) is 24.7 Å². The van der Waals surface area contributed by atoms with Crippen LogP contribution in [0.4, 0.5) is 4.79 Å². The standard InChI is InChI=1S/C19H26N4O2/c1-11-20-16-10-23(9-15(16)17(24)22(11)2)18(25)21-19-6-12-3-13(7-19)5-14(4-12)8-19/h12-14H,3-10H2,1-2H3,(H,21,25). The predicted molar refractivity (Wildman–Crippen MR) is 92.9 cm³/mol. The molecule has 0 spiro atoms. The van der Waals surface area contributed by atoms with E-state index >= 15 is 0 Å². The summed E-state index contributed by atoms with van der Waals surface area (Å²) in [5.74, 6) is 3.11. The minimum Gasteiger partial charge on any atom is -0.333 e. The average Bonchev–Trinajstić information content (AvgIpc) is 2.95. The number of rotatable bonds is 1. The third-order valence-electron chi connectivity index (χ3n) is 7.08. The van der Waals surface area contributed by atoms with Gasteiger partial charge >= 0.3 is 6.03 Å². The van der Waals surface area contributed by atoms with E-state index in [1.807, 2.05) is 6.92 Å². The van der Waals surface area contributed by atoms with Gasteiger partial charge in [-0.2, -0.15) is 0 Å². The zero-order valence-electron chi connectivity index (χ0n) is 15.0. The van der Waals surface area contributed by atoms with E-state index in [1.165, 1.54) is 19.3 Å². The normalized spacial score (nSPS) is 35.1. The van der Waals surface area contributed by atoms with Crippen molar-refractivity contribution in [2.75, 3.05) is 0 Å². The van der Waals surface area contributed by atoms with Crippen LogP contribution in [0.2, 0.25) is 0 Å². The maximum absolute atomic E-state index is 13.0. The second-order valence-corrected chi connectivity index (χ2v) is 8.93. The smallest absolute Gasteiger partial charge is 0.318 e. The van der Waals surface area contributed by atoms with E-state index in [-0.39, 0.29) is 17.1 Å². The van der Waals surface area contributed by atoms with Gasteiger partial charge in [-0.3, -0.25) is 9.36 Å². The Labute approximate surface area is 147 Å². The predicted octanol–water partition coefficient (Wildman–Crippen LogP) is 2.08. The maximum Gasteiger partial charge on any atom is 0.318 e. The molecule has 6 heteroatoms. The lowest BCUT2D eigenvalue weighted by atomic mass is 9.53. The molecule has 0 aromatic carbocycles. The van der Waals surface area contributed by atoms with Crippen LogP contribution in [0.5, 0.6) is 0 Å². The van der Waals surface area contributed by atoms with E-state index in [4.69, 9.17) is 0 Å². The summed E-state index contributed by atoms with van der Waals surface area (Å²) in [6.45, 7) is 2.66. The molecule has 4 aliphatic carbocycles. The number of carbonyl (C=O) groups is 1. The van der Waals surface area contributed by atoms with E-state index in [0.29, 0.717) is 24.5 Å². The van der Waals surface area contributed by atoms with E-state index in [9.17, 15) is 9.59 Å². The van der Waals surface area contributed by atoms with Crippen LogP contribution < -0.4 is 10.9 Å². The molecule has 4 saturated carbocycles. The molecule has 1 N–H and O–H groups in total. The molecule has 134 valence electrons. The molecule has 6 nitrogen and oxygen atoms in total. The first-order chi connectivity index (χ1) is 11.9. The Bertz CT molecular complexity index is 777. The Morgan fingerprint density at radius 1 is 1.12 bits per heavy atom. The molecule has 2 heterocycles. The van der Waals surface area contributed by atoms with Crippen LogP contribution >= 0.6 is 0 Å². The van der Waals surface area contributed by atoms with Crippen molar-refractivity contribution in [3.63, 3.8) is 0 Å². The third kappa shape index (κ3) is 2.33. The lowest BCUT2D eigenvalue weighted by Crippen LogP contribution is -2.61. The number of nitrogens with zero attached hydrogens (tertiary/aromatic N) is 3. The number of amides is 2. The first-order valence-corrected chi connectivity index (χ1v) is 9.55. The van der Waals surface area contributed by atoms with Crippen LogP contribution in [0.3, 0.4) is 0 Å². The molecule has 0 saturated heterocycles. The highest BCUT2D eigenvalue weighted by Crippen LogP contribution is 2.55. The Balaban J connectivity index is 1.35. The molecule has 25 heavy (non-hydrogen) atoms. The molecule has 1 aliphatic heterocycles. The Morgan fingerprint density at radius 3 is 2.32 bits per heavy atom. The Hall–Kier alpha value is -1.85. The first kappa shape index (κ1) is 15.4. The van der Waals surface area contributed by atoms with Crippen molar-refractivity contribution in [2.24, 2.45) is 24.8 Å². The molecular weight excluding hydrogens is 316 g/mol. The minimum atomic E-state index is -0.0207. The second-order valence-electron chi connectivity index (χ2n) is 8.93. The number of hydrogen-bond donors (Lipinski definition) is 1. The number of aryl methyl sites for hydroxylation is 1. The highest BCUT2D eigenvalue weighted by molar-refractivity contribution is 5.76. The van der Waals surface area contributed by atoms with Crippen LogP contribution in [-0.2, 0) is 20.1 Å². The molecule has 0 atom stereocenters. The summed E-state index contributed by atoms with van der Waals surface area (Å²) in [7, 11) is 1.74. The molecule has 0 radical (unpaired) electrons. The monoisotopic (exact) mass is 342 g/mol.